The number of fused-ring (bicyclic) bond motifs is 3. The van der Waals surface area contributed by atoms with E-state index in [2.05, 4.69) is 22.9 Å². The Morgan fingerprint density at radius 1 is 1.00 bits per heavy atom. The van der Waals surface area contributed by atoms with Crippen LogP contribution in [0.4, 0.5) is 11.4 Å². The lowest BCUT2D eigenvalue weighted by Crippen LogP contribution is -2.53. The fraction of sp³-hybridized carbons (Fsp3) is 0.514. The molecule has 1 atom stereocenters. The second kappa shape index (κ2) is 13.4. The third-order valence-electron chi connectivity index (χ3n) is 10.3. The van der Waals surface area contributed by atoms with E-state index in [0.717, 1.165) is 64.5 Å². The number of methoxy groups -OCH3 is 1. The van der Waals surface area contributed by atoms with E-state index in [1.807, 2.05) is 18.7 Å². The van der Waals surface area contributed by atoms with Crippen molar-refractivity contribution < 1.29 is 27.2 Å². The highest BCUT2D eigenvalue weighted by molar-refractivity contribution is 7.89. The van der Waals surface area contributed by atoms with Crippen LogP contribution in [-0.4, -0.2) is 115 Å². The monoisotopic (exact) mass is 694 g/mol. The first-order chi connectivity index (χ1) is 23.2. The molecule has 2 amide bonds. The molecule has 4 heterocycles. The van der Waals surface area contributed by atoms with E-state index >= 15 is 0 Å². The van der Waals surface area contributed by atoms with E-state index in [4.69, 9.17) is 14.9 Å². The number of nitrogens with two attached hydrogens (primary N) is 1. The lowest BCUT2D eigenvalue weighted by Gasteiger charge is -2.41. The van der Waals surface area contributed by atoms with Gasteiger partial charge in [0, 0.05) is 82.7 Å². The summed E-state index contributed by atoms with van der Waals surface area (Å²) in [5.74, 6) is -1.32. The van der Waals surface area contributed by atoms with E-state index in [-0.39, 0.29) is 28.6 Å². The first kappa shape index (κ1) is 34.9. The van der Waals surface area contributed by atoms with Crippen molar-refractivity contribution in [1.82, 2.24) is 14.1 Å². The van der Waals surface area contributed by atoms with Crippen LogP contribution in [0.15, 0.2) is 32.3 Å². The summed E-state index contributed by atoms with van der Waals surface area (Å²) < 4.78 is 39.4. The van der Waals surface area contributed by atoms with Crippen LogP contribution in [0.1, 0.15) is 55.8 Å². The van der Waals surface area contributed by atoms with Crippen LogP contribution >= 0.6 is 0 Å². The smallest absolute Gasteiger partial charge is 0.341 e. The molecule has 2 fully saturated rings. The third kappa shape index (κ3) is 6.19. The molecular formula is C35H46N6O7S. The minimum absolute atomic E-state index is 0.0101. The number of carbonyl (C=O) groups is 2. The van der Waals surface area contributed by atoms with Crippen LogP contribution in [0.25, 0.3) is 11.0 Å². The highest BCUT2D eigenvalue weighted by Crippen LogP contribution is 2.37. The summed E-state index contributed by atoms with van der Waals surface area (Å²) in [5, 5.41) is 0.895. The van der Waals surface area contributed by atoms with Crippen molar-refractivity contribution in [2.45, 2.75) is 50.6 Å². The van der Waals surface area contributed by atoms with Gasteiger partial charge < -0.3 is 29.6 Å². The van der Waals surface area contributed by atoms with Gasteiger partial charge in [-0.15, -0.1) is 0 Å². The van der Waals surface area contributed by atoms with Gasteiger partial charge in [-0.25, -0.2) is 17.5 Å². The first-order valence-electron chi connectivity index (χ1n) is 16.7. The molecule has 0 aliphatic carbocycles. The number of rotatable bonds is 8. The number of likely N-dealkylation sites (N-methyl/N-ethyl adjacent to an activating group) is 1. The summed E-state index contributed by atoms with van der Waals surface area (Å²) >= 11 is 0. The fourth-order valence-corrected chi connectivity index (χ4v) is 8.69. The van der Waals surface area contributed by atoms with Gasteiger partial charge in [0.05, 0.1) is 40.9 Å². The number of hydrogen-bond acceptors (Lipinski definition) is 10. The Morgan fingerprint density at radius 3 is 2.37 bits per heavy atom. The molecule has 0 radical (unpaired) electrons. The van der Waals surface area contributed by atoms with Crippen molar-refractivity contribution in [2.24, 2.45) is 5.73 Å². The predicted molar refractivity (Wildman–Crippen MR) is 188 cm³/mol. The van der Waals surface area contributed by atoms with Crippen molar-refractivity contribution in [1.29, 1.82) is 0 Å². The van der Waals surface area contributed by atoms with Gasteiger partial charge in [-0.2, -0.15) is 0 Å². The molecule has 6 rings (SSSR count). The summed E-state index contributed by atoms with van der Waals surface area (Å²) in [7, 11) is 2.40. The number of nitrogens with zero attached hydrogens (tertiary/aromatic N) is 5. The molecule has 3 aliphatic rings. The Labute approximate surface area is 287 Å². The number of aryl methyl sites for hydroxylation is 2. The zero-order valence-corrected chi connectivity index (χ0v) is 30.0. The van der Waals surface area contributed by atoms with Crippen molar-refractivity contribution in [3.8, 4) is 0 Å². The molecular weight excluding hydrogens is 648 g/mol. The largest absolute Gasteiger partial charge is 0.422 e. The number of piperazine rings is 1. The summed E-state index contributed by atoms with van der Waals surface area (Å²) in [6.07, 6.45) is 2.15. The van der Waals surface area contributed by atoms with E-state index < -0.39 is 27.5 Å². The van der Waals surface area contributed by atoms with Gasteiger partial charge in [-0.3, -0.25) is 14.5 Å². The average molecular weight is 695 g/mol. The third-order valence-corrected chi connectivity index (χ3v) is 12.2. The lowest BCUT2D eigenvalue weighted by molar-refractivity contribution is 0.0732. The maximum Gasteiger partial charge on any atom is 0.341 e. The Morgan fingerprint density at radius 2 is 1.71 bits per heavy atom. The normalized spacial score (nSPS) is 18.8. The highest BCUT2D eigenvalue weighted by atomic mass is 32.2. The Balaban J connectivity index is 1.38. The van der Waals surface area contributed by atoms with Crippen LogP contribution < -0.4 is 21.2 Å². The average Bonchev–Trinajstić information content (AvgIpc) is 3.61. The van der Waals surface area contributed by atoms with Gasteiger partial charge in [0.15, 0.2) is 0 Å². The van der Waals surface area contributed by atoms with Crippen molar-refractivity contribution in [3.63, 3.8) is 0 Å². The summed E-state index contributed by atoms with van der Waals surface area (Å²) in [6, 6.07) is 5.20. The number of carbonyl (C=O) groups excluding carboxylic acids is 2. The summed E-state index contributed by atoms with van der Waals surface area (Å²) in [6.45, 7) is 8.69. The van der Waals surface area contributed by atoms with Gasteiger partial charge in [0.2, 0.25) is 10.0 Å². The zero-order chi connectivity index (χ0) is 35.4. The second-order valence-corrected chi connectivity index (χ2v) is 15.7. The molecule has 2 aromatic carbocycles. The molecule has 3 aliphatic heterocycles. The molecule has 0 bridgehead atoms. The number of amides is 2. The molecule has 1 aromatic heterocycles. The quantitative estimate of drug-likeness (QED) is 0.348. The van der Waals surface area contributed by atoms with Gasteiger partial charge >= 0.3 is 5.63 Å². The van der Waals surface area contributed by atoms with E-state index in [9.17, 15) is 22.8 Å². The molecule has 1 unspecified atom stereocenters. The number of benzene rings is 2. The summed E-state index contributed by atoms with van der Waals surface area (Å²) in [5.41, 5.74) is 10.4. The molecule has 0 saturated carbocycles. The molecule has 14 heteroatoms. The van der Waals surface area contributed by atoms with E-state index in [1.54, 1.807) is 18.1 Å². The van der Waals surface area contributed by atoms with Crippen molar-refractivity contribution in [2.75, 3.05) is 83.9 Å². The maximum atomic E-state index is 14.2. The number of primary amides is 1. The van der Waals surface area contributed by atoms with Crippen molar-refractivity contribution >= 4 is 44.2 Å². The van der Waals surface area contributed by atoms with Crippen molar-refractivity contribution in [3.05, 3.63) is 62.0 Å². The van der Waals surface area contributed by atoms with Gasteiger partial charge in [0.25, 0.3) is 11.8 Å². The van der Waals surface area contributed by atoms with Crippen LogP contribution in [0, 0.1) is 13.8 Å². The topological polar surface area (TPSA) is 150 Å². The molecule has 2 saturated heterocycles. The Hall–Kier alpha value is -3.98. The minimum Gasteiger partial charge on any atom is -0.422 e. The van der Waals surface area contributed by atoms with Gasteiger partial charge in [0.1, 0.15) is 5.58 Å². The van der Waals surface area contributed by atoms with E-state index in [0.29, 0.717) is 49.5 Å². The maximum absolute atomic E-state index is 14.2. The molecule has 2 N–H and O–H groups in total. The second-order valence-electron chi connectivity index (χ2n) is 13.6. The predicted octanol–water partition coefficient (Wildman–Crippen LogP) is 2.32. The molecule has 264 valence electrons. The Bertz CT molecular complexity index is 1990. The van der Waals surface area contributed by atoms with Crippen LogP contribution in [-0.2, 0) is 27.7 Å². The minimum atomic E-state index is -4.14. The van der Waals surface area contributed by atoms with Crippen LogP contribution in [0.3, 0.4) is 0 Å². The number of ether oxygens (including phenoxy) is 1. The molecule has 0 spiro atoms. The molecule has 49 heavy (non-hydrogen) atoms. The Kier molecular flexibility index (Phi) is 9.52. The van der Waals surface area contributed by atoms with E-state index in [1.165, 1.54) is 20.2 Å². The SMILES string of the molecule is COCC1CN(c2cc(C)c3c4c(c(=O)oc3c2C)CN(C(=O)c2cc(N3CCCC3)c(C(N)=O)c(S(=O)(=O)N(C)C)c2)CC4)CCN1C. The molecule has 3 aromatic rings. The van der Waals surface area contributed by atoms with Crippen LogP contribution in [0.5, 0.6) is 0 Å². The first-order valence-corrected chi connectivity index (χ1v) is 18.2. The summed E-state index contributed by atoms with van der Waals surface area (Å²) in [4.78, 5) is 48.3. The van der Waals surface area contributed by atoms with Crippen LogP contribution in [0.2, 0.25) is 0 Å². The fourth-order valence-electron chi connectivity index (χ4n) is 7.55. The zero-order valence-electron chi connectivity index (χ0n) is 29.2. The van der Waals surface area contributed by atoms with Gasteiger partial charge in [-0.1, -0.05) is 0 Å². The lowest BCUT2D eigenvalue weighted by atomic mass is 9.92. The molecule has 13 nitrogen and oxygen atoms in total. The standard InChI is InChI=1S/C35H46N6O7S/c1-21-15-27(40-14-13-38(5)24(18-40)20-47-6)22(2)32-30(21)25-9-12-41(19-26(25)35(44)48-32)34(43)23-16-28(39-10-7-8-11-39)31(33(36)42)29(17-23)49(45,46)37(3)4/h15-17,24H,7-14,18-20H2,1-6H3,(H2,36,42). The number of hydrogen-bond donors (Lipinski definition) is 1. The van der Waals surface area contributed by atoms with Gasteiger partial charge in [-0.05, 0) is 69.5 Å². The number of anilines is 2. The number of sulfonamides is 1. The highest BCUT2D eigenvalue weighted by Gasteiger charge is 2.34.